The van der Waals surface area contributed by atoms with Crippen LogP contribution in [0.15, 0.2) is 29.2 Å². The molecule has 23 heavy (non-hydrogen) atoms. The monoisotopic (exact) mass is 342 g/mol. The SMILES string of the molecule is CCCCOc1ccc(S(=O)(=O)NC2CC(=O)N(O)C2=O)cc1. The zero-order valence-corrected chi connectivity index (χ0v) is 13.4. The number of carbonyl (C=O) groups excluding carboxylic acids is 2. The minimum atomic E-state index is -3.98. The van der Waals surface area contributed by atoms with Crippen LogP contribution in [0.1, 0.15) is 26.2 Å². The molecule has 126 valence electrons. The van der Waals surface area contributed by atoms with E-state index >= 15 is 0 Å². The molecule has 1 aliphatic rings. The summed E-state index contributed by atoms with van der Waals surface area (Å²) in [6.45, 7) is 2.58. The van der Waals surface area contributed by atoms with Crippen molar-refractivity contribution in [3.63, 3.8) is 0 Å². The molecule has 9 heteroatoms. The van der Waals surface area contributed by atoms with E-state index in [1.165, 1.54) is 24.3 Å². The molecule has 1 fully saturated rings. The predicted molar refractivity (Wildman–Crippen MR) is 79.2 cm³/mol. The summed E-state index contributed by atoms with van der Waals surface area (Å²) in [7, 11) is -3.98. The van der Waals surface area contributed by atoms with Crippen LogP contribution < -0.4 is 9.46 Å². The smallest absolute Gasteiger partial charge is 0.271 e. The Morgan fingerprint density at radius 1 is 1.30 bits per heavy atom. The van der Waals surface area contributed by atoms with Crippen molar-refractivity contribution in [2.45, 2.75) is 37.1 Å². The Labute approximate surface area is 134 Å². The minimum absolute atomic E-state index is 0.0584. The van der Waals surface area contributed by atoms with Gasteiger partial charge in [0.1, 0.15) is 11.8 Å². The molecular formula is C14H18N2O6S. The molecule has 8 nitrogen and oxygen atoms in total. The highest BCUT2D eigenvalue weighted by Crippen LogP contribution is 2.18. The lowest BCUT2D eigenvalue weighted by molar-refractivity contribution is -0.171. The summed E-state index contributed by atoms with van der Waals surface area (Å²) in [6.07, 6.45) is 1.48. The number of sulfonamides is 1. The molecule has 1 aromatic rings. The van der Waals surface area contributed by atoms with E-state index in [2.05, 4.69) is 4.72 Å². The Bertz CT molecular complexity index is 686. The van der Waals surface area contributed by atoms with E-state index < -0.39 is 34.3 Å². The van der Waals surface area contributed by atoms with Crippen molar-refractivity contribution in [2.75, 3.05) is 6.61 Å². The molecule has 1 heterocycles. The van der Waals surface area contributed by atoms with E-state index in [1.54, 1.807) is 0 Å². The van der Waals surface area contributed by atoms with Crippen molar-refractivity contribution in [3.8, 4) is 5.75 Å². The first-order chi connectivity index (χ1) is 10.8. The zero-order valence-electron chi connectivity index (χ0n) is 12.6. The summed E-state index contributed by atoms with van der Waals surface area (Å²) >= 11 is 0. The van der Waals surface area contributed by atoms with Gasteiger partial charge in [0.15, 0.2) is 0 Å². The van der Waals surface area contributed by atoms with Crippen molar-refractivity contribution in [1.29, 1.82) is 0 Å². The second-order valence-electron chi connectivity index (χ2n) is 5.10. The topological polar surface area (TPSA) is 113 Å². The first-order valence-electron chi connectivity index (χ1n) is 7.16. The summed E-state index contributed by atoms with van der Waals surface area (Å²) in [4.78, 5) is 22.7. The van der Waals surface area contributed by atoms with E-state index in [-0.39, 0.29) is 9.96 Å². The molecule has 1 saturated heterocycles. The molecular weight excluding hydrogens is 324 g/mol. The maximum Gasteiger partial charge on any atom is 0.271 e. The number of hydroxylamine groups is 2. The minimum Gasteiger partial charge on any atom is -0.494 e. The number of benzene rings is 1. The van der Waals surface area contributed by atoms with Gasteiger partial charge in [0.2, 0.25) is 10.0 Å². The molecule has 1 aliphatic heterocycles. The third-order valence-corrected chi connectivity index (χ3v) is 4.81. The molecule has 1 unspecified atom stereocenters. The number of carbonyl (C=O) groups is 2. The van der Waals surface area contributed by atoms with Crippen LogP contribution >= 0.6 is 0 Å². The lowest BCUT2D eigenvalue weighted by atomic mass is 10.3. The summed E-state index contributed by atoms with van der Waals surface area (Å²) in [6, 6.07) is 4.44. The van der Waals surface area contributed by atoms with Gasteiger partial charge in [0.05, 0.1) is 17.9 Å². The molecule has 0 spiro atoms. The van der Waals surface area contributed by atoms with Gasteiger partial charge >= 0.3 is 0 Å². The standard InChI is InChI=1S/C14H18N2O6S/c1-2-3-8-22-10-4-6-11(7-5-10)23(20,21)15-12-9-13(17)16(19)14(12)18/h4-7,12,15,19H,2-3,8-9H2,1H3. The highest BCUT2D eigenvalue weighted by molar-refractivity contribution is 7.89. The average molecular weight is 342 g/mol. The second kappa shape index (κ2) is 7.07. The molecule has 1 aromatic carbocycles. The molecule has 0 radical (unpaired) electrons. The van der Waals surface area contributed by atoms with Crippen molar-refractivity contribution >= 4 is 21.8 Å². The molecule has 2 rings (SSSR count). The van der Waals surface area contributed by atoms with Gasteiger partial charge in [-0.15, -0.1) is 0 Å². The van der Waals surface area contributed by atoms with Gasteiger partial charge in [-0.25, -0.2) is 8.42 Å². The highest BCUT2D eigenvalue weighted by atomic mass is 32.2. The van der Waals surface area contributed by atoms with Crippen LogP contribution in [0.2, 0.25) is 0 Å². The summed E-state index contributed by atoms with van der Waals surface area (Å²) in [5.74, 6) is -1.29. The van der Waals surface area contributed by atoms with Crippen molar-refractivity contribution < 1.29 is 28.0 Å². The van der Waals surface area contributed by atoms with Crippen LogP contribution in [0.25, 0.3) is 0 Å². The van der Waals surface area contributed by atoms with Gasteiger partial charge in [0.25, 0.3) is 11.8 Å². The maximum absolute atomic E-state index is 12.2. The Morgan fingerprint density at radius 2 is 1.96 bits per heavy atom. The van der Waals surface area contributed by atoms with E-state index in [0.29, 0.717) is 12.4 Å². The molecule has 0 bridgehead atoms. The van der Waals surface area contributed by atoms with Crippen LogP contribution in [-0.4, -0.2) is 43.2 Å². The number of nitrogens with one attached hydrogen (secondary N) is 1. The number of ether oxygens (including phenoxy) is 1. The summed E-state index contributed by atoms with van der Waals surface area (Å²) < 4.78 is 32.0. The van der Waals surface area contributed by atoms with Crippen molar-refractivity contribution in [2.24, 2.45) is 0 Å². The normalized spacial score (nSPS) is 18.5. The van der Waals surface area contributed by atoms with Gasteiger partial charge in [-0.1, -0.05) is 13.3 Å². The molecule has 0 aliphatic carbocycles. The average Bonchev–Trinajstić information content (AvgIpc) is 2.75. The Kier molecular flexibility index (Phi) is 5.34. The van der Waals surface area contributed by atoms with Gasteiger partial charge < -0.3 is 4.74 Å². The highest BCUT2D eigenvalue weighted by Gasteiger charge is 2.40. The Balaban J connectivity index is 2.05. The van der Waals surface area contributed by atoms with Gasteiger partial charge in [0, 0.05) is 0 Å². The molecule has 2 amide bonds. The van der Waals surface area contributed by atoms with Crippen LogP contribution in [0.3, 0.4) is 0 Å². The van der Waals surface area contributed by atoms with Crippen LogP contribution in [0.5, 0.6) is 5.75 Å². The van der Waals surface area contributed by atoms with Crippen LogP contribution in [0, 0.1) is 0 Å². The fourth-order valence-electron chi connectivity index (χ4n) is 2.02. The Morgan fingerprint density at radius 3 is 2.48 bits per heavy atom. The largest absolute Gasteiger partial charge is 0.494 e. The fraction of sp³-hybridized carbons (Fsp3) is 0.429. The zero-order chi connectivity index (χ0) is 17.0. The number of rotatable bonds is 7. The fourth-order valence-corrected chi connectivity index (χ4v) is 3.20. The molecule has 0 saturated carbocycles. The van der Waals surface area contributed by atoms with E-state index in [4.69, 9.17) is 9.94 Å². The van der Waals surface area contributed by atoms with E-state index in [1.807, 2.05) is 6.92 Å². The lowest BCUT2D eigenvalue weighted by Crippen LogP contribution is -2.40. The molecule has 1 atom stereocenters. The van der Waals surface area contributed by atoms with Gasteiger partial charge in [-0.3, -0.25) is 14.8 Å². The van der Waals surface area contributed by atoms with Crippen molar-refractivity contribution in [3.05, 3.63) is 24.3 Å². The number of hydrogen-bond donors (Lipinski definition) is 2. The van der Waals surface area contributed by atoms with Gasteiger partial charge in [-0.2, -0.15) is 9.79 Å². The quantitative estimate of drug-likeness (QED) is 0.427. The summed E-state index contributed by atoms with van der Waals surface area (Å²) in [5, 5.41) is 9.05. The van der Waals surface area contributed by atoms with Gasteiger partial charge in [-0.05, 0) is 30.7 Å². The number of hydrogen-bond acceptors (Lipinski definition) is 6. The number of unbranched alkanes of at least 4 members (excludes halogenated alkanes) is 1. The number of nitrogens with zero attached hydrogens (tertiary/aromatic N) is 1. The van der Waals surface area contributed by atoms with Crippen LogP contribution in [0.4, 0.5) is 0 Å². The lowest BCUT2D eigenvalue weighted by Gasteiger charge is -2.11. The number of amides is 2. The predicted octanol–water partition coefficient (Wildman–Crippen LogP) is 0.660. The maximum atomic E-state index is 12.2. The van der Waals surface area contributed by atoms with Crippen LogP contribution in [-0.2, 0) is 19.6 Å². The first kappa shape index (κ1) is 17.4. The van der Waals surface area contributed by atoms with Crippen molar-refractivity contribution in [1.82, 2.24) is 9.79 Å². The second-order valence-corrected chi connectivity index (χ2v) is 6.81. The van der Waals surface area contributed by atoms with E-state index in [0.717, 1.165) is 12.8 Å². The summed E-state index contributed by atoms with van der Waals surface area (Å²) in [5.41, 5.74) is 0. The molecule has 0 aromatic heterocycles. The molecule has 2 N–H and O–H groups in total. The van der Waals surface area contributed by atoms with E-state index in [9.17, 15) is 18.0 Å². The first-order valence-corrected chi connectivity index (χ1v) is 8.64. The third kappa shape index (κ3) is 4.06. The Hall–Kier alpha value is -1.97. The number of imide groups is 1. The third-order valence-electron chi connectivity index (χ3n) is 3.32.